The van der Waals surface area contributed by atoms with Gasteiger partial charge in [0.25, 0.3) is 5.91 Å². The van der Waals surface area contributed by atoms with Gasteiger partial charge in [0.2, 0.25) is 0 Å². The Morgan fingerprint density at radius 2 is 1.96 bits per heavy atom. The van der Waals surface area contributed by atoms with Gasteiger partial charge in [0.05, 0.1) is 22.5 Å². The minimum Gasteiger partial charge on any atom is -0.356 e. The number of benzene rings is 1. The Morgan fingerprint density at radius 3 is 2.68 bits per heavy atom. The lowest BCUT2D eigenvalue weighted by atomic mass is 9.95. The second-order valence-electron chi connectivity index (χ2n) is 8.09. The molecule has 0 unspecified atom stereocenters. The average molecular weight is 376 g/mol. The van der Waals surface area contributed by atoms with E-state index in [-0.39, 0.29) is 23.1 Å². The first-order valence-corrected chi connectivity index (χ1v) is 9.62. The number of carbonyl (C=O) groups is 1. The van der Waals surface area contributed by atoms with Crippen LogP contribution in [-0.4, -0.2) is 27.4 Å². The van der Waals surface area contributed by atoms with Gasteiger partial charge >= 0.3 is 0 Å². The summed E-state index contributed by atoms with van der Waals surface area (Å²) in [6.45, 7) is 4.74. The molecule has 3 aromatic rings. The molecule has 2 aliphatic rings. The van der Waals surface area contributed by atoms with Gasteiger partial charge in [-0.15, -0.1) is 0 Å². The zero-order valence-electron chi connectivity index (χ0n) is 15.8. The number of hydrogen-bond acceptors (Lipinski definition) is 3. The van der Waals surface area contributed by atoms with E-state index in [0.29, 0.717) is 29.2 Å². The molecule has 1 fully saturated rings. The van der Waals surface area contributed by atoms with Gasteiger partial charge in [-0.3, -0.25) is 4.79 Å². The van der Waals surface area contributed by atoms with Gasteiger partial charge < -0.3 is 10.3 Å². The quantitative estimate of drug-likeness (QED) is 0.720. The van der Waals surface area contributed by atoms with E-state index >= 15 is 0 Å². The zero-order valence-corrected chi connectivity index (χ0v) is 15.8. The molecular formula is C22H21FN4O. The first-order valence-electron chi connectivity index (χ1n) is 9.62. The van der Waals surface area contributed by atoms with Crippen LogP contribution in [-0.2, 0) is 5.41 Å². The number of halogens is 1. The fraction of sp³-hybridized carbons (Fsp3) is 0.318. The lowest BCUT2D eigenvalue weighted by molar-refractivity contribution is 0.0937. The second-order valence-corrected chi connectivity index (χ2v) is 8.09. The Balaban J connectivity index is 1.55. The van der Waals surface area contributed by atoms with Crippen LogP contribution in [0.3, 0.4) is 0 Å². The van der Waals surface area contributed by atoms with Crippen LogP contribution in [0.5, 0.6) is 0 Å². The highest BCUT2D eigenvalue weighted by atomic mass is 19.1. The summed E-state index contributed by atoms with van der Waals surface area (Å²) in [5.41, 5.74) is 4.46. The molecule has 0 radical (unpaired) electrons. The molecule has 1 aromatic carbocycles. The molecule has 28 heavy (non-hydrogen) atoms. The minimum absolute atomic E-state index is 0.0517. The van der Waals surface area contributed by atoms with Crippen molar-refractivity contribution in [3.8, 4) is 22.8 Å². The lowest BCUT2D eigenvalue weighted by Gasteiger charge is -2.21. The fourth-order valence-corrected chi connectivity index (χ4v) is 3.91. The van der Waals surface area contributed by atoms with Gasteiger partial charge in [0, 0.05) is 23.9 Å². The van der Waals surface area contributed by atoms with Crippen LogP contribution in [0.4, 0.5) is 4.39 Å². The summed E-state index contributed by atoms with van der Waals surface area (Å²) in [5, 5.41) is 2.97. The van der Waals surface area contributed by atoms with Crippen molar-refractivity contribution in [2.75, 3.05) is 6.54 Å². The normalized spacial score (nSPS) is 16.9. The van der Waals surface area contributed by atoms with Crippen molar-refractivity contribution in [2.24, 2.45) is 0 Å². The summed E-state index contributed by atoms with van der Waals surface area (Å²) in [4.78, 5) is 24.5. The van der Waals surface area contributed by atoms with E-state index in [1.54, 1.807) is 24.4 Å². The Hall–Kier alpha value is -3.02. The number of aromatic amines is 1. The summed E-state index contributed by atoms with van der Waals surface area (Å²) in [5.74, 6) is 0.204. The van der Waals surface area contributed by atoms with E-state index in [4.69, 9.17) is 0 Å². The lowest BCUT2D eigenvalue weighted by Crippen LogP contribution is -2.38. The van der Waals surface area contributed by atoms with Crippen LogP contribution >= 0.6 is 0 Å². The second kappa shape index (κ2) is 5.99. The molecule has 3 heterocycles. The highest BCUT2D eigenvalue weighted by Gasteiger charge is 2.50. The van der Waals surface area contributed by atoms with Gasteiger partial charge in [-0.05, 0) is 48.6 Å². The molecule has 1 saturated carbocycles. The van der Waals surface area contributed by atoms with Crippen LogP contribution in [0.25, 0.3) is 22.8 Å². The highest BCUT2D eigenvalue weighted by molar-refractivity contribution is 5.98. The number of rotatable bonds is 3. The number of aromatic nitrogens is 3. The summed E-state index contributed by atoms with van der Waals surface area (Å²) in [6, 6.07) is 8.81. The molecule has 2 aromatic heterocycles. The molecule has 0 bridgehead atoms. The van der Waals surface area contributed by atoms with Crippen molar-refractivity contribution in [3.63, 3.8) is 0 Å². The molecule has 1 aliphatic heterocycles. The van der Waals surface area contributed by atoms with Crippen LogP contribution < -0.4 is 5.32 Å². The SMILES string of the molecule is CC(C)c1ccc(-c2nccc(-c3cc4c([nH]3)C3(CC3)CNC4=O)n2)c(F)c1. The van der Waals surface area contributed by atoms with Gasteiger partial charge in [-0.1, -0.05) is 19.9 Å². The Morgan fingerprint density at radius 1 is 1.14 bits per heavy atom. The van der Waals surface area contributed by atoms with Gasteiger partial charge in [0.1, 0.15) is 5.82 Å². The zero-order chi connectivity index (χ0) is 19.5. The van der Waals surface area contributed by atoms with Crippen molar-refractivity contribution >= 4 is 5.91 Å². The van der Waals surface area contributed by atoms with Crippen LogP contribution in [0.1, 0.15) is 54.2 Å². The van der Waals surface area contributed by atoms with Crippen LogP contribution in [0, 0.1) is 5.82 Å². The maximum atomic E-state index is 14.6. The molecule has 1 amide bonds. The summed E-state index contributed by atoms with van der Waals surface area (Å²) in [6.07, 6.45) is 3.77. The third kappa shape index (κ3) is 2.63. The molecule has 0 saturated heterocycles. The fourth-order valence-electron chi connectivity index (χ4n) is 3.91. The Kier molecular flexibility index (Phi) is 3.66. The molecular weight excluding hydrogens is 355 g/mol. The number of amides is 1. The molecule has 1 spiro atoms. The van der Waals surface area contributed by atoms with Crippen LogP contribution in [0.2, 0.25) is 0 Å². The van der Waals surface area contributed by atoms with E-state index < -0.39 is 0 Å². The average Bonchev–Trinajstić information content (AvgIpc) is 3.32. The Bertz CT molecular complexity index is 1100. The molecule has 6 heteroatoms. The maximum Gasteiger partial charge on any atom is 0.253 e. The molecule has 5 rings (SSSR count). The third-order valence-corrected chi connectivity index (χ3v) is 5.87. The summed E-state index contributed by atoms with van der Waals surface area (Å²) in [7, 11) is 0. The molecule has 142 valence electrons. The van der Waals surface area contributed by atoms with Crippen molar-refractivity contribution in [1.29, 1.82) is 0 Å². The molecule has 2 N–H and O–H groups in total. The smallest absolute Gasteiger partial charge is 0.253 e. The van der Waals surface area contributed by atoms with Crippen molar-refractivity contribution in [2.45, 2.75) is 38.0 Å². The van der Waals surface area contributed by atoms with Crippen molar-refractivity contribution < 1.29 is 9.18 Å². The number of H-pyrrole nitrogens is 1. The van der Waals surface area contributed by atoms with Crippen molar-refractivity contribution in [1.82, 2.24) is 20.3 Å². The number of fused-ring (bicyclic) bond motifs is 2. The monoisotopic (exact) mass is 376 g/mol. The minimum atomic E-state index is -0.328. The summed E-state index contributed by atoms with van der Waals surface area (Å²) >= 11 is 0. The number of nitrogens with zero attached hydrogens (tertiary/aromatic N) is 2. The topological polar surface area (TPSA) is 70.7 Å². The highest BCUT2D eigenvalue weighted by Crippen LogP contribution is 2.50. The predicted octanol–water partition coefficient (Wildman–Crippen LogP) is 4.18. The number of carbonyl (C=O) groups excluding carboxylic acids is 1. The van der Waals surface area contributed by atoms with E-state index in [0.717, 1.165) is 29.8 Å². The maximum absolute atomic E-state index is 14.6. The van der Waals surface area contributed by atoms with Gasteiger partial charge in [0.15, 0.2) is 5.82 Å². The first kappa shape index (κ1) is 17.1. The van der Waals surface area contributed by atoms with E-state index in [9.17, 15) is 9.18 Å². The van der Waals surface area contributed by atoms with E-state index in [1.165, 1.54) is 0 Å². The Labute approximate surface area is 162 Å². The van der Waals surface area contributed by atoms with E-state index in [2.05, 4.69) is 20.3 Å². The third-order valence-electron chi connectivity index (χ3n) is 5.87. The number of hydrogen-bond donors (Lipinski definition) is 2. The standard InChI is InChI=1S/C22H21FN4O/c1-12(2)13-3-4-14(16(23)9-13)20-24-8-5-17(27-20)18-10-15-19(26-18)22(6-7-22)11-25-21(15)28/h3-5,8-10,12,26H,6-7,11H2,1-2H3,(H,25,28). The predicted molar refractivity (Wildman–Crippen MR) is 105 cm³/mol. The van der Waals surface area contributed by atoms with Crippen molar-refractivity contribution in [3.05, 3.63) is 59.2 Å². The largest absolute Gasteiger partial charge is 0.356 e. The molecule has 1 aliphatic carbocycles. The van der Waals surface area contributed by atoms with Crippen LogP contribution in [0.15, 0.2) is 36.5 Å². The molecule has 5 nitrogen and oxygen atoms in total. The van der Waals surface area contributed by atoms with Gasteiger partial charge in [-0.2, -0.15) is 0 Å². The molecule has 0 atom stereocenters. The van der Waals surface area contributed by atoms with E-state index in [1.807, 2.05) is 26.0 Å². The van der Waals surface area contributed by atoms with Gasteiger partial charge in [-0.25, -0.2) is 14.4 Å². The first-order chi connectivity index (χ1) is 13.5. The summed E-state index contributed by atoms with van der Waals surface area (Å²) < 4.78 is 14.6. The number of nitrogens with one attached hydrogen (secondary N) is 2.